The summed E-state index contributed by atoms with van der Waals surface area (Å²) in [5.41, 5.74) is 16.2. The standard InChI is InChI=1S/C60H36N6/c1-62-47-18-12-17-41(31-47)46-34-59(65-55-21-10-8-19-48(55)50-27-23-42(32-57(50)65)44-25-29-53(63-37-44)39-13-4-2-5-14-39)52(36-61)60(35-46)66-56-22-11-9-20-49(56)51-28-24-43(33-58(51)66)45-26-30-54(64-38-45)40-15-6-3-7-16-40/h2-35,37-38H. The maximum atomic E-state index is 11.6. The third kappa shape index (κ3) is 6.41. The van der Waals surface area contributed by atoms with E-state index in [2.05, 4.69) is 166 Å². The van der Waals surface area contributed by atoms with Crippen molar-refractivity contribution in [1.82, 2.24) is 19.1 Å². The van der Waals surface area contributed by atoms with E-state index in [1.807, 2.05) is 73.1 Å². The molecular formula is C60H36N6. The molecule has 6 heteroatoms. The summed E-state index contributed by atoms with van der Waals surface area (Å²) >= 11 is 0. The van der Waals surface area contributed by atoms with E-state index in [9.17, 15) is 5.26 Å². The first-order valence-corrected chi connectivity index (χ1v) is 21.8. The first-order valence-electron chi connectivity index (χ1n) is 21.8. The van der Waals surface area contributed by atoms with Gasteiger partial charge in [0.25, 0.3) is 0 Å². The summed E-state index contributed by atoms with van der Waals surface area (Å²) in [6.45, 7) is 7.90. The SMILES string of the molecule is [C-]#[N+]c1cccc(-c2cc(-n3c4ccccc4c4ccc(-c5ccc(-c6ccccc6)nc5)cc43)c(C#N)c(-n3c4ccccc4c4ccc(-c5ccc(-c6ccccc6)nc5)cc43)c2)c1. The molecule has 0 atom stereocenters. The molecule has 0 aliphatic carbocycles. The quantitative estimate of drug-likeness (QED) is 0.150. The zero-order valence-corrected chi connectivity index (χ0v) is 35.5. The number of aromatic nitrogens is 4. The van der Waals surface area contributed by atoms with Gasteiger partial charge in [-0.15, -0.1) is 0 Å². The van der Waals surface area contributed by atoms with Crippen LogP contribution < -0.4 is 0 Å². The lowest BCUT2D eigenvalue weighted by atomic mass is 9.99. The van der Waals surface area contributed by atoms with Gasteiger partial charge in [-0.25, -0.2) is 4.85 Å². The van der Waals surface area contributed by atoms with Crippen molar-refractivity contribution in [2.45, 2.75) is 0 Å². The molecular weight excluding hydrogens is 805 g/mol. The summed E-state index contributed by atoms with van der Waals surface area (Å²) in [7, 11) is 0. The summed E-state index contributed by atoms with van der Waals surface area (Å²) in [6, 6.07) is 73.3. The van der Waals surface area contributed by atoms with E-state index in [0.717, 1.165) is 111 Å². The summed E-state index contributed by atoms with van der Waals surface area (Å²) in [4.78, 5) is 13.5. The number of nitriles is 1. The molecule has 0 saturated carbocycles. The van der Waals surface area contributed by atoms with Crippen LogP contribution in [0.2, 0.25) is 0 Å². The molecule has 0 spiro atoms. The minimum atomic E-state index is 0.518. The molecule has 0 aliphatic heterocycles. The van der Waals surface area contributed by atoms with Gasteiger partial charge in [0.2, 0.25) is 0 Å². The van der Waals surface area contributed by atoms with E-state index in [4.69, 9.17) is 16.5 Å². The normalized spacial score (nSPS) is 11.3. The van der Waals surface area contributed by atoms with Crippen LogP contribution in [-0.2, 0) is 0 Å². The molecule has 6 nitrogen and oxygen atoms in total. The Hall–Kier alpha value is -9.36. The molecule has 0 unspecified atom stereocenters. The number of hydrogen-bond acceptors (Lipinski definition) is 3. The Morgan fingerprint density at radius 3 is 1.29 bits per heavy atom. The van der Waals surface area contributed by atoms with E-state index < -0.39 is 0 Å². The molecule has 4 aromatic heterocycles. The number of para-hydroxylation sites is 2. The topological polar surface area (TPSA) is 63.8 Å². The van der Waals surface area contributed by atoms with Crippen LogP contribution in [0.3, 0.4) is 0 Å². The first-order chi connectivity index (χ1) is 32.6. The fourth-order valence-electron chi connectivity index (χ4n) is 9.51. The van der Waals surface area contributed by atoms with Gasteiger partial charge in [-0.3, -0.25) is 9.97 Å². The van der Waals surface area contributed by atoms with E-state index in [0.29, 0.717) is 11.3 Å². The van der Waals surface area contributed by atoms with Gasteiger partial charge in [0, 0.05) is 56.2 Å². The summed E-state index contributed by atoms with van der Waals surface area (Å²) < 4.78 is 4.48. The molecule has 0 radical (unpaired) electrons. The van der Waals surface area contributed by atoms with Crippen molar-refractivity contribution in [2.75, 3.05) is 0 Å². The molecule has 0 amide bonds. The van der Waals surface area contributed by atoms with Gasteiger partial charge >= 0.3 is 0 Å². The largest absolute Gasteiger partial charge is 0.308 e. The average molecular weight is 841 g/mol. The van der Waals surface area contributed by atoms with Crippen LogP contribution in [0.5, 0.6) is 0 Å². The molecule has 0 aliphatic rings. The molecule has 12 aromatic rings. The fourth-order valence-corrected chi connectivity index (χ4v) is 9.51. The van der Waals surface area contributed by atoms with Crippen LogP contribution in [0.15, 0.2) is 219 Å². The molecule has 0 saturated heterocycles. The smallest absolute Gasteiger partial charge is 0.187 e. The van der Waals surface area contributed by atoms with Gasteiger partial charge < -0.3 is 9.13 Å². The lowest BCUT2D eigenvalue weighted by molar-refractivity contribution is 1.12. The number of nitrogens with zero attached hydrogens (tertiary/aromatic N) is 6. The molecule has 66 heavy (non-hydrogen) atoms. The van der Waals surface area contributed by atoms with Gasteiger partial charge in [-0.2, -0.15) is 5.26 Å². The third-order valence-electron chi connectivity index (χ3n) is 12.7. The molecule has 8 aromatic carbocycles. The molecule has 4 heterocycles. The molecule has 0 bridgehead atoms. The van der Waals surface area contributed by atoms with Crippen LogP contribution in [0.1, 0.15) is 5.56 Å². The predicted molar refractivity (Wildman–Crippen MR) is 269 cm³/mol. The Balaban J connectivity index is 1.11. The molecule has 0 N–H and O–H groups in total. The Bertz CT molecular complexity index is 3700. The van der Waals surface area contributed by atoms with E-state index in [-0.39, 0.29) is 0 Å². The number of fused-ring (bicyclic) bond motifs is 6. The van der Waals surface area contributed by atoms with E-state index in [1.54, 1.807) is 0 Å². The highest BCUT2D eigenvalue weighted by molar-refractivity contribution is 6.12. The minimum Gasteiger partial charge on any atom is -0.308 e. The van der Waals surface area contributed by atoms with Crippen LogP contribution in [0, 0.1) is 17.9 Å². The maximum Gasteiger partial charge on any atom is 0.187 e. The van der Waals surface area contributed by atoms with Gasteiger partial charge in [-0.1, -0.05) is 152 Å². The molecule has 12 rings (SSSR count). The highest BCUT2D eigenvalue weighted by Crippen LogP contribution is 2.42. The average Bonchev–Trinajstić information content (AvgIpc) is 3.91. The van der Waals surface area contributed by atoms with Crippen molar-refractivity contribution < 1.29 is 0 Å². The second-order valence-electron chi connectivity index (χ2n) is 16.4. The molecule has 0 fully saturated rings. The van der Waals surface area contributed by atoms with Crippen molar-refractivity contribution in [3.63, 3.8) is 0 Å². The zero-order chi connectivity index (χ0) is 44.1. The van der Waals surface area contributed by atoms with Gasteiger partial charge in [0.1, 0.15) is 11.6 Å². The Labute approximate surface area is 381 Å². The van der Waals surface area contributed by atoms with Crippen molar-refractivity contribution in [3.8, 4) is 73.3 Å². The minimum absolute atomic E-state index is 0.518. The second kappa shape index (κ2) is 15.8. The summed E-state index contributed by atoms with van der Waals surface area (Å²) in [5, 5.41) is 15.9. The first kappa shape index (κ1) is 38.3. The Morgan fingerprint density at radius 2 is 0.818 bits per heavy atom. The predicted octanol–water partition coefficient (Wildman–Crippen LogP) is 15.4. The van der Waals surface area contributed by atoms with Gasteiger partial charge in [0.15, 0.2) is 5.69 Å². The lowest BCUT2D eigenvalue weighted by Gasteiger charge is -2.19. The second-order valence-corrected chi connectivity index (χ2v) is 16.4. The molecule has 306 valence electrons. The van der Waals surface area contributed by atoms with Crippen molar-refractivity contribution >= 4 is 49.3 Å². The third-order valence-corrected chi connectivity index (χ3v) is 12.7. The summed E-state index contributed by atoms with van der Waals surface area (Å²) in [5.74, 6) is 0. The van der Waals surface area contributed by atoms with E-state index >= 15 is 0 Å². The Kier molecular flexibility index (Phi) is 9.16. The number of benzene rings is 8. The van der Waals surface area contributed by atoms with Crippen molar-refractivity contribution in [1.29, 1.82) is 5.26 Å². The fraction of sp³-hybridized carbons (Fsp3) is 0. The highest BCUT2D eigenvalue weighted by atomic mass is 15.0. The number of rotatable bonds is 7. The van der Waals surface area contributed by atoms with Gasteiger partial charge in [-0.05, 0) is 76.9 Å². The maximum absolute atomic E-state index is 11.6. The zero-order valence-electron chi connectivity index (χ0n) is 35.5. The van der Waals surface area contributed by atoms with Crippen LogP contribution >= 0.6 is 0 Å². The van der Waals surface area contributed by atoms with Crippen LogP contribution in [0.4, 0.5) is 5.69 Å². The van der Waals surface area contributed by atoms with Crippen molar-refractivity contribution in [3.05, 3.63) is 236 Å². The van der Waals surface area contributed by atoms with Crippen LogP contribution in [-0.4, -0.2) is 19.1 Å². The summed E-state index contributed by atoms with van der Waals surface area (Å²) in [6.07, 6.45) is 3.87. The highest BCUT2D eigenvalue weighted by Gasteiger charge is 2.23. The van der Waals surface area contributed by atoms with Crippen molar-refractivity contribution in [2.24, 2.45) is 0 Å². The van der Waals surface area contributed by atoms with Crippen LogP contribution in [0.25, 0.3) is 116 Å². The monoisotopic (exact) mass is 840 g/mol. The Morgan fingerprint density at radius 1 is 0.379 bits per heavy atom. The lowest BCUT2D eigenvalue weighted by Crippen LogP contribution is -2.05. The number of pyridine rings is 2. The number of hydrogen-bond donors (Lipinski definition) is 0. The van der Waals surface area contributed by atoms with E-state index in [1.165, 1.54) is 0 Å². The van der Waals surface area contributed by atoms with Gasteiger partial charge in [0.05, 0.1) is 51.4 Å².